The molecule has 1 aliphatic rings. The van der Waals surface area contributed by atoms with Crippen molar-refractivity contribution in [3.8, 4) is 0 Å². The zero-order valence-electron chi connectivity index (χ0n) is 8.18. The van der Waals surface area contributed by atoms with Crippen LogP contribution in [0.2, 0.25) is 0 Å². The molecular weight excluding hydrogens is 155 g/mol. The molecule has 0 saturated heterocycles. The van der Waals surface area contributed by atoms with Crippen LogP contribution in [0.25, 0.3) is 0 Å². The molecule has 0 amide bonds. The van der Waals surface area contributed by atoms with Crippen LogP contribution < -0.4 is 0 Å². The summed E-state index contributed by atoms with van der Waals surface area (Å²) in [4.78, 5) is 0. The summed E-state index contributed by atoms with van der Waals surface area (Å²) in [5.74, 6) is 0.768. The summed E-state index contributed by atoms with van der Waals surface area (Å²) in [7, 11) is 0. The number of alkyl halides is 1. The van der Waals surface area contributed by atoms with E-state index in [1.165, 1.54) is 0 Å². The Kier molecular flexibility index (Phi) is 2.77. The molecular formula is C10H19FO. The normalized spacial score (nSPS) is 43.5. The molecule has 0 radical (unpaired) electrons. The van der Waals surface area contributed by atoms with Gasteiger partial charge in [-0.15, -0.1) is 0 Å². The van der Waals surface area contributed by atoms with Crippen molar-refractivity contribution < 1.29 is 9.50 Å². The molecule has 1 saturated carbocycles. The highest BCUT2D eigenvalue weighted by Gasteiger charge is 2.37. The van der Waals surface area contributed by atoms with Gasteiger partial charge in [0.1, 0.15) is 5.67 Å². The predicted octanol–water partition coefficient (Wildman–Crippen LogP) is 2.53. The lowest BCUT2D eigenvalue weighted by atomic mass is 9.74. The molecule has 0 aromatic rings. The molecule has 1 unspecified atom stereocenters. The third-order valence-electron chi connectivity index (χ3n) is 2.98. The smallest absolute Gasteiger partial charge is 0.110 e. The average molecular weight is 174 g/mol. The van der Waals surface area contributed by atoms with Gasteiger partial charge in [-0.25, -0.2) is 4.39 Å². The zero-order valence-corrected chi connectivity index (χ0v) is 8.18. The van der Waals surface area contributed by atoms with Crippen LogP contribution in [-0.2, 0) is 0 Å². The van der Waals surface area contributed by atoms with E-state index in [-0.39, 0.29) is 0 Å². The van der Waals surface area contributed by atoms with E-state index in [0.717, 1.165) is 6.42 Å². The number of aliphatic hydroxyl groups excluding tert-OH is 1. The predicted molar refractivity (Wildman–Crippen MR) is 47.7 cm³/mol. The van der Waals surface area contributed by atoms with Gasteiger partial charge in [-0.3, -0.25) is 0 Å². The molecule has 72 valence electrons. The second-order valence-electron chi connectivity index (χ2n) is 4.63. The Bertz CT molecular complexity index is 154. The Morgan fingerprint density at radius 1 is 1.50 bits per heavy atom. The maximum absolute atomic E-state index is 13.4. The van der Waals surface area contributed by atoms with Crippen molar-refractivity contribution in [3.63, 3.8) is 0 Å². The van der Waals surface area contributed by atoms with Crippen LogP contribution in [0.1, 0.15) is 40.0 Å². The molecule has 2 heteroatoms. The van der Waals surface area contributed by atoms with Crippen molar-refractivity contribution in [1.82, 2.24) is 0 Å². The SMILES string of the molecule is CC(C)[C@H]1CCC(C)(F)C[C@@H]1O. The van der Waals surface area contributed by atoms with Crippen molar-refractivity contribution in [3.05, 3.63) is 0 Å². The summed E-state index contributed by atoms with van der Waals surface area (Å²) < 4.78 is 13.4. The minimum Gasteiger partial charge on any atom is -0.393 e. The van der Waals surface area contributed by atoms with Gasteiger partial charge in [0.25, 0.3) is 0 Å². The van der Waals surface area contributed by atoms with Gasteiger partial charge in [0.05, 0.1) is 6.10 Å². The van der Waals surface area contributed by atoms with Gasteiger partial charge >= 0.3 is 0 Å². The molecule has 1 nitrogen and oxygen atoms in total. The quantitative estimate of drug-likeness (QED) is 0.647. The fourth-order valence-electron chi connectivity index (χ4n) is 2.13. The molecule has 0 spiro atoms. The van der Waals surface area contributed by atoms with Gasteiger partial charge in [0.2, 0.25) is 0 Å². The van der Waals surface area contributed by atoms with Gasteiger partial charge in [-0.1, -0.05) is 13.8 Å². The lowest BCUT2D eigenvalue weighted by molar-refractivity contribution is -0.0255. The number of rotatable bonds is 1. The van der Waals surface area contributed by atoms with Crippen LogP contribution in [0.3, 0.4) is 0 Å². The fraction of sp³-hybridized carbons (Fsp3) is 1.00. The molecule has 12 heavy (non-hydrogen) atoms. The van der Waals surface area contributed by atoms with Crippen LogP contribution in [0, 0.1) is 11.8 Å². The van der Waals surface area contributed by atoms with Gasteiger partial charge in [0.15, 0.2) is 0 Å². The Hall–Kier alpha value is -0.110. The lowest BCUT2D eigenvalue weighted by Gasteiger charge is -2.37. The Morgan fingerprint density at radius 3 is 2.50 bits per heavy atom. The van der Waals surface area contributed by atoms with E-state index < -0.39 is 11.8 Å². The van der Waals surface area contributed by atoms with E-state index in [1.54, 1.807) is 6.92 Å². The first-order valence-corrected chi connectivity index (χ1v) is 4.79. The molecule has 0 aromatic heterocycles. The topological polar surface area (TPSA) is 20.2 Å². The third kappa shape index (κ3) is 2.19. The minimum atomic E-state index is -1.13. The van der Waals surface area contributed by atoms with Gasteiger partial charge in [0, 0.05) is 6.42 Å². The number of hydrogen-bond donors (Lipinski definition) is 1. The third-order valence-corrected chi connectivity index (χ3v) is 2.98. The largest absolute Gasteiger partial charge is 0.393 e. The maximum Gasteiger partial charge on any atom is 0.110 e. The van der Waals surface area contributed by atoms with E-state index in [4.69, 9.17) is 0 Å². The zero-order chi connectivity index (χ0) is 9.35. The van der Waals surface area contributed by atoms with Crippen molar-refractivity contribution in [2.45, 2.75) is 51.8 Å². The molecule has 0 aromatic carbocycles. The van der Waals surface area contributed by atoms with Crippen molar-refractivity contribution in [2.75, 3.05) is 0 Å². The summed E-state index contributed by atoms with van der Waals surface area (Å²) in [5.41, 5.74) is -1.13. The summed E-state index contributed by atoms with van der Waals surface area (Å²) in [6.45, 7) is 5.77. The fourth-order valence-corrected chi connectivity index (χ4v) is 2.13. The first-order valence-electron chi connectivity index (χ1n) is 4.79. The van der Waals surface area contributed by atoms with Crippen molar-refractivity contribution >= 4 is 0 Å². The highest BCUT2D eigenvalue weighted by molar-refractivity contribution is 4.88. The van der Waals surface area contributed by atoms with Crippen molar-refractivity contribution in [1.29, 1.82) is 0 Å². The summed E-state index contributed by atoms with van der Waals surface area (Å²) in [6, 6.07) is 0. The molecule has 3 atom stereocenters. The first-order chi connectivity index (χ1) is 5.42. The maximum atomic E-state index is 13.4. The van der Waals surface area contributed by atoms with Crippen LogP contribution in [0.15, 0.2) is 0 Å². The lowest BCUT2D eigenvalue weighted by Crippen LogP contribution is -2.39. The van der Waals surface area contributed by atoms with Crippen LogP contribution in [-0.4, -0.2) is 16.9 Å². The molecule has 1 rings (SSSR count). The van der Waals surface area contributed by atoms with Crippen molar-refractivity contribution in [2.24, 2.45) is 11.8 Å². The Balaban J connectivity index is 2.54. The molecule has 1 fully saturated rings. The van der Waals surface area contributed by atoms with E-state index in [2.05, 4.69) is 13.8 Å². The minimum absolute atomic E-state index is 0.300. The number of hydrogen-bond acceptors (Lipinski definition) is 1. The van der Waals surface area contributed by atoms with Gasteiger partial charge in [-0.05, 0) is 31.6 Å². The Morgan fingerprint density at radius 2 is 2.08 bits per heavy atom. The van der Waals surface area contributed by atoms with Crippen LogP contribution >= 0.6 is 0 Å². The highest BCUT2D eigenvalue weighted by atomic mass is 19.1. The van der Waals surface area contributed by atoms with E-state index >= 15 is 0 Å². The molecule has 1 N–H and O–H groups in total. The summed E-state index contributed by atoms with van der Waals surface area (Å²) >= 11 is 0. The molecule has 0 aliphatic heterocycles. The molecule has 1 aliphatic carbocycles. The summed E-state index contributed by atoms with van der Waals surface area (Å²) in [5, 5.41) is 9.63. The molecule has 0 heterocycles. The monoisotopic (exact) mass is 174 g/mol. The first kappa shape index (κ1) is 9.97. The van der Waals surface area contributed by atoms with E-state index in [1.807, 2.05) is 0 Å². The van der Waals surface area contributed by atoms with E-state index in [0.29, 0.717) is 24.7 Å². The second-order valence-corrected chi connectivity index (χ2v) is 4.63. The van der Waals surface area contributed by atoms with Crippen LogP contribution in [0.5, 0.6) is 0 Å². The Labute approximate surface area is 74.0 Å². The standard InChI is InChI=1S/C10H19FO/c1-7(2)8-4-5-10(3,11)6-9(8)12/h7-9,12H,4-6H2,1-3H3/t8-,9+,10?/m1/s1. The van der Waals surface area contributed by atoms with Gasteiger partial charge in [-0.2, -0.15) is 0 Å². The average Bonchev–Trinajstić information content (AvgIpc) is 1.83. The van der Waals surface area contributed by atoms with E-state index in [9.17, 15) is 9.50 Å². The second kappa shape index (κ2) is 3.33. The van der Waals surface area contributed by atoms with Gasteiger partial charge < -0.3 is 5.11 Å². The number of halogens is 1. The highest BCUT2D eigenvalue weighted by Crippen LogP contribution is 2.37. The number of aliphatic hydroxyl groups is 1. The summed E-state index contributed by atoms with van der Waals surface area (Å²) in [6.07, 6.45) is 1.31. The van der Waals surface area contributed by atoms with Crippen LogP contribution in [0.4, 0.5) is 4.39 Å². The molecule has 0 bridgehead atoms.